The SMILES string of the molecule is CCCC(CN)C(=O)NC1C=CC(C(=O)O)C1. The third-order valence-electron chi connectivity index (χ3n) is 3.02. The van der Waals surface area contributed by atoms with Crippen LogP contribution >= 0.6 is 0 Å². The summed E-state index contributed by atoms with van der Waals surface area (Å²) in [5.74, 6) is -1.57. The Hall–Kier alpha value is -1.36. The first-order valence-electron chi connectivity index (χ1n) is 6.00. The zero-order chi connectivity index (χ0) is 12.8. The molecular weight excluding hydrogens is 220 g/mol. The summed E-state index contributed by atoms with van der Waals surface area (Å²) in [5, 5.41) is 11.7. The van der Waals surface area contributed by atoms with Gasteiger partial charge in [-0.3, -0.25) is 9.59 Å². The Kier molecular flexibility index (Phi) is 5.15. The first-order chi connectivity index (χ1) is 8.08. The quantitative estimate of drug-likeness (QED) is 0.590. The van der Waals surface area contributed by atoms with E-state index in [1.165, 1.54) is 0 Å². The van der Waals surface area contributed by atoms with Gasteiger partial charge >= 0.3 is 5.97 Å². The van der Waals surface area contributed by atoms with Crippen molar-refractivity contribution in [2.75, 3.05) is 6.54 Å². The van der Waals surface area contributed by atoms with Crippen LogP contribution in [0.1, 0.15) is 26.2 Å². The lowest BCUT2D eigenvalue weighted by Crippen LogP contribution is -2.40. The molecule has 1 rings (SSSR count). The third kappa shape index (κ3) is 3.85. The van der Waals surface area contributed by atoms with E-state index >= 15 is 0 Å². The van der Waals surface area contributed by atoms with Crippen LogP contribution in [-0.2, 0) is 9.59 Å². The molecule has 0 bridgehead atoms. The lowest BCUT2D eigenvalue weighted by molar-refractivity contribution is -0.140. The number of aliphatic carboxylic acids is 1. The number of carbonyl (C=O) groups excluding carboxylic acids is 1. The predicted molar refractivity (Wildman–Crippen MR) is 64.3 cm³/mol. The molecule has 0 saturated carbocycles. The van der Waals surface area contributed by atoms with Crippen LogP contribution in [0.4, 0.5) is 0 Å². The molecule has 1 aliphatic rings. The molecule has 17 heavy (non-hydrogen) atoms. The van der Waals surface area contributed by atoms with Crippen LogP contribution in [0, 0.1) is 11.8 Å². The van der Waals surface area contributed by atoms with Gasteiger partial charge in [-0.1, -0.05) is 25.5 Å². The van der Waals surface area contributed by atoms with Crippen LogP contribution in [-0.4, -0.2) is 29.6 Å². The van der Waals surface area contributed by atoms with Crippen LogP contribution < -0.4 is 11.1 Å². The molecule has 0 aliphatic heterocycles. The van der Waals surface area contributed by atoms with E-state index in [-0.39, 0.29) is 17.9 Å². The monoisotopic (exact) mass is 240 g/mol. The van der Waals surface area contributed by atoms with E-state index in [0.29, 0.717) is 13.0 Å². The van der Waals surface area contributed by atoms with Gasteiger partial charge in [-0.05, 0) is 12.8 Å². The number of hydrogen-bond donors (Lipinski definition) is 3. The molecule has 3 atom stereocenters. The van der Waals surface area contributed by atoms with Crippen molar-refractivity contribution in [3.63, 3.8) is 0 Å². The van der Waals surface area contributed by atoms with Crippen molar-refractivity contribution < 1.29 is 14.7 Å². The van der Waals surface area contributed by atoms with Gasteiger partial charge in [0.25, 0.3) is 0 Å². The second kappa shape index (κ2) is 6.39. The Labute approximate surface area is 101 Å². The van der Waals surface area contributed by atoms with Gasteiger partial charge in [0.2, 0.25) is 5.91 Å². The van der Waals surface area contributed by atoms with Crippen LogP contribution in [0.2, 0.25) is 0 Å². The number of nitrogens with two attached hydrogens (primary N) is 1. The minimum atomic E-state index is -0.845. The summed E-state index contributed by atoms with van der Waals surface area (Å²) in [7, 11) is 0. The number of nitrogens with one attached hydrogen (secondary N) is 1. The van der Waals surface area contributed by atoms with Gasteiger partial charge in [-0.25, -0.2) is 0 Å². The summed E-state index contributed by atoms with van der Waals surface area (Å²) in [4.78, 5) is 22.6. The van der Waals surface area contributed by atoms with Crippen molar-refractivity contribution in [1.29, 1.82) is 0 Å². The smallest absolute Gasteiger partial charge is 0.310 e. The van der Waals surface area contributed by atoms with Gasteiger partial charge < -0.3 is 16.2 Å². The highest BCUT2D eigenvalue weighted by Gasteiger charge is 2.26. The maximum atomic E-state index is 11.8. The van der Waals surface area contributed by atoms with Crippen LogP contribution in [0.15, 0.2) is 12.2 Å². The molecule has 0 fully saturated rings. The van der Waals surface area contributed by atoms with Crippen molar-refractivity contribution in [2.24, 2.45) is 17.6 Å². The van der Waals surface area contributed by atoms with Crippen molar-refractivity contribution in [2.45, 2.75) is 32.2 Å². The van der Waals surface area contributed by atoms with E-state index in [2.05, 4.69) is 5.32 Å². The first kappa shape index (κ1) is 13.7. The number of carboxylic acid groups (broad SMARTS) is 1. The number of hydrogen-bond acceptors (Lipinski definition) is 3. The summed E-state index contributed by atoms with van der Waals surface area (Å²) in [5.41, 5.74) is 5.54. The standard InChI is InChI=1S/C12H20N2O3/c1-2-3-9(7-13)11(15)14-10-5-4-8(6-10)12(16)17/h4-5,8-10H,2-3,6-7,13H2,1H3,(H,14,15)(H,16,17). The van der Waals surface area contributed by atoms with Gasteiger partial charge in [-0.2, -0.15) is 0 Å². The molecule has 0 saturated heterocycles. The van der Waals surface area contributed by atoms with E-state index in [9.17, 15) is 9.59 Å². The van der Waals surface area contributed by atoms with Gasteiger partial charge in [0.1, 0.15) is 0 Å². The van der Waals surface area contributed by atoms with Gasteiger partial charge in [-0.15, -0.1) is 0 Å². The Morgan fingerprint density at radius 1 is 1.53 bits per heavy atom. The molecule has 1 aliphatic carbocycles. The second-order valence-electron chi connectivity index (χ2n) is 4.40. The van der Waals surface area contributed by atoms with Gasteiger partial charge in [0.15, 0.2) is 0 Å². The molecule has 0 radical (unpaired) electrons. The van der Waals surface area contributed by atoms with E-state index in [4.69, 9.17) is 10.8 Å². The molecule has 5 heteroatoms. The average Bonchev–Trinajstić information content (AvgIpc) is 2.74. The maximum Gasteiger partial charge on any atom is 0.310 e. The molecule has 0 spiro atoms. The third-order valence-corrected chi connectivity index (χ3v) is 3.02. The van der Waals surface area contributed by atoms with E-state index in [1.54, 1.807) is 12.2 Å². The fourth-order valence-electron chi connectivity index (χ4n) is 1.99. The van der Waals surface area contributed by atoms with E-state index in [0.717, 1.165) is 12.8 Å². The molecule has 4 N–H and O–H groups in total. The Balaban J connectivity index is 2.43. The maximum absolute atomic E-state index is 11.8. The fraction of sp³-hybridized carbons (Fsp3) is 0.667. The molecule has 0 heterocycles. The lowest BCUT2D eigenvalue weighted by atomic mass is 10.0. The highest BCUT2D eigenvalue weighted by atomic mass is 16.4. The molecular formula is C12H20N2O3. The van der Waals surface area contributed by atoms with Crippen LogP contribution in [0.5, 0.6) is 0 Å². The van der Waals surface area contributed by atoms with Crippen molar-refractivity contribution in [3.05, 3.63) is 12.2 Å². The van der Waals surface area contributed by atoms with E-state index in [1.807, 2.05) is 6.92 Å². The highest BCUT2D eigenvalue weighted by Crippen LogP contribution is 2.18. The zero-order valence-electron chi connectivity index (χ0n) is 10.1. The summed E-state index contributed by atoms with van der Waals surface area (Å²) < 4.78 is 0. The fourth-order valence-corrected chi connectivity index (χ4v) is 1.99. The molecule has 3 unspecified atom stereocenters. The number of amides is 1. The van der Waals surface area contributed by atoms with Crippen molar-refractivity contribution in [3.8, 4) is 0 Å². The first-order valence-corrected chi connectivity index (χ1v) is 6.00. The van der Waals surface area contributed by atoms with Crippen molar-refractivity contribution >= 4 is 11.9 Å². The van der Waals surface area contributed by atoms with Crippen LogP contribution in [0.3, 0.4) is 0 Å². The topological polar surface area (TPSA) is 92.4 Å². The lowest BCUT2D eigenvalue weighted by Gasteiger charge is -2.17. The minimum Gasteiger partial charge on any atom is -0.481 e. The van der Waals surface area contributed by atoms with E-state index < -0.39 is 11.9 Å². The number of rotatable bonds is 6. The molecule has 1 amide bonds. The average molecular weight is 240 g/mol. The Morgan fingerprint density at radius 3 is 2.71 bits per heavy atom. The second-order valence-corrected chi connectivity index (χ2v) is 4.40. The molecule has 0 aromatic rings. The van der Waals surface area contributed by atoms with Gasteiger partial charge in [0.05, 0.1) is 11.8 Å². The summed E-state index contributed by atoms with van der Waals surface area (Å²) >= 11 is 0. The summed E-state index contributed by atoms with van der Waals surface area (Å²) in [6.07, 6.45) is 5.49. The minimum absolute atomic E-state index is 0.0740. The molecule has 5 nitrogen and oxygen atoms in total. The number of carbonyl (C=O) groups is 2. The van der Waals surface area contributed by atoms with Crippen LogP contribution in [0.25, 0.3) is 0 Å². The molecule has 0 aromatic heterocycles. The Bertz CT molecular complexity index is 315. The molecule has 0 aromatic carbocycles. The zero-order valence-corrected chi connectivity index (χ0v) is 10.1. The number of carboxylic acids is 1. The van der Waals surface area contributed by atoms with Gasteiger partial charge in [0, 0.05) is 12.6 Å². The summed E-state index contributed by atoms with van der Waals surface area (Å²) in [6, 6.07) is -0.172. The largest absolute Gasteiger partial charge is 0.481 e. The Morgan fingerprint density at radius 2 is 2.24 bits per heavy atom. The normalized spacial score (nSPS) is 24.6. The molecule has 96 valence electrons. The highest BCUT2D eigenvalue weighted by molar-refractivity contribution is 5.80. The summed E-state index contributed by atoms with van der Waals surface area (Å²) in [6.45, 7) is 2.34. The predicted octanol–water partition coefficient (Wildman–Crippen LogP) is 0.507. The van der Waals surface area contributed by atoms with Crippen molar-refractivity contribution in [1.82, 2.24) is 5.32 Å².